The molecule has 1 amide bonds. The summed E-state index contributed by atoms with van der Waals surface area (Å²) in [5.41, 5.74) is 0. The highest BCUT2D eigenvalue weighted by molar-refractivity contribution is 7.98. The van der Waals surface area contributed by atoms with Crippen molar-refractivity contribution >= 4 is 34.1 Å². The van der Waals surface area contributed by atoms with Gasteiger partial charge in [-0.05, 0) is 24.9 Å². The molecule has 0 aliphatic heterocycles. The highest BCUT2D eigenvalue weighted by Gasteiger charge is 2.11. The van der Waals surface area contributed by atoms with Crippen LogP contribution in [0.1, 0.15) is 29.6 Å². The molecule has 0 saturated heterocycles. The number of rotatable bonds is 8. The molecule has 0 atom stereocenters. The Morgan fingerprint density at radius 2 is 2.24 bits per heavy atom. The Balaban J connectivity index is 2.33. The smallest absolute Gasteiger partial charge is 0.282 e. The van der Waals surface area contributed by atoms with Crippen LogP contribution in [0, 0.1) is 0 Å². The summed E-state index contributed by atoms with van der Waals surface area (Å²) in [7, 11) is 0. The van der Waals surface area contributed by atoms with Gasteiger partial charge in [-0.2, -0.15) is 11.8 Å². The minimum Gasteiger partial charge on any atom is -0.360 e. The number of carbonyl (C=O) groups is 1. The Morgan fingerprint density at radius 3 is 2.94 bits per heavy atom. The van der Waals surface area contributed by atoms with Gasteiger partial charge in [0.05, 0.1) is 0 Å². The highest BCUT2D eigenvalue weighted by Crippen LogP contribution is 2.14. The summed E-state index contributed by atoms with van der Waals surface area (Å²) in [6.45, 7) is 3.62. The average molecular weight is 274 g/mol. The van der Waals surface area contributed by atoms with Gasteiger partial charge in [-0.25, -0.2) is 0 Å². The van der Waals surface area contributed by atoms with Gasteiger partial charge in [0.15, 0.2) is 0 Å². The molecule has 0 fully saturated rings. The summed E-state index contributed by atoms with van der Waals surface area (Å²) in [5, 5.41) is 14.8. The zero-order valence-corrected chi connectivity index (χ0v) is 11.8. The van der Waals surface area contributed by atoms with Gasteiger partial charge in [-0.1, -0.05) is 18.3 Å². The number of aromatic nitrogens is 2. The molecule has 5 nitrogen and oxygen atoms in total. The molecule has 1 aromatic heterocycles. The van der Waals surface area contributed by atoms with Crippen LogP contribution in [0.5, 0.6) is 0 Å². The topological polar surface area (TPSA) is 66.9 Å². The minimum absolute atomic E-state index is 0.131. The standard InChI is InChI=1S/C10H18N4OS2/c1-3-5-12-10-14-13-9(17-10)8(15)11-6-4-7-16-2/h3-7H2,1-2H3,(H,11,15)(H,12,14). The number of nitrogens with zero attached hydrogens (tertiary/aromatic N) is 2. The summed E-state index contributed by atoms with van der Waals surface area (Å²) in [4.78, 5) is 11.7. The van der Waals surface area contributed by atoms with Crippen molar-refractivity contribution in [3.05, 3.63) is 5.01 Å². The summed E-state index contributed by atoms with van der Waals surface area (Å²) in [6.07, 6.45) is 4.06. The van der Waals surface area contributed by atoms with E-state index >= 15 is 0 Å². The fourth-order valence-corrected chi connectivity index (χ4v) is 2.23. The van der Waals surface area contributed by atoms with E-state index in [2.05, 4.69) is 34.0 Å². The predicted octanol–water partition coefficient (Wildman–Crippen LogP) is 1.84. The van der Waals surface area contributed by atoms with Crippen molar-refractivity contribution in [2.24, 2.45) is 0 Å². The van der Waals surface area contributed by atoms with E-state index in [1.807, 2.05) is 0 Å². The lowest BCUT2D eigenvalue weighted by Gasteiger charge is -2.00. The van der Waals surface area contributed by atoms with Crippen molar-refractivity contribution in [2.45, 2.75) is 19.8 Å². The second kappa shape index (κ2) is 8.30. The Kier molecular flexibility index (Phi) is 6.95. The molecule has 0 saturated carbocycles. The van der Waals surface area contributed by atoms with Gasteiger partial charge in [0.2, 0.25) is 10.1 Å². The fraction of sp³-hybridized carbons (Fsp3) is 0.700. The molecule has 1 aromatic rings. The molecule has 1 heterocycles. The third-order valence-corrected chi connectivity index (χ3v) is 3.53. The molecule has 0 aliphatic carbocycles. The highest BCUT2D eigenvalue weighted by atomic mass is 32.2. The van der Waals surface area contributed by atoms with E-state index in [1.54, 1.807) is 11.8 Å². The van der Waals surface area contributed by atoms with Crippen LogP contribution in [-0.4, -0.2) is 41.2 Å². The SMILES string of the molecule is CCCNc1nnc(C(=O)NCCCSC)s1. The van der Waals surface area contributed by atoms with E-state index in [0.717, 1.165) is 25.1 Å². The Bertz CT molecular complexity index is 343. The number of carbonyl (C=O) groups excluding carboxylic acids is 1. The van der Waals surface area contributed by atoms with Crippen molar-refractivity contribution in [1.82, 2.24) is 15.5 Å². The van der Waals surface area contributed by atoms with E-state index in [4.69, 9.17) is 0 Å². The van der Waals surface area contributed by atoms with Crippen LogP contribution in [0.2, 0.25) is 0 Å². The van der Waals surface area contributed by atoms with E-state index in [1.165, 1.54) is 11.3 Å². The van der Waals surface area contributed by atoms with Gasteiger partial charge in [0, 0.05) is 13.1 Å². The van der Waals surface area contributed by atoms with Gasteiger partial charge < -0.3 is 10.6 Å². The Hall–Kier alpha value is -0.820. The molecule has 7 heteroatoms. The lowest BCUT2D eigenvalue weighted by molar-refractivity contribution is 0.0952. The number of amides is 1. The van der Waals surface area contributed by atoms with E-state index < -0.39 is 0 Å². The second-order valence-electron chi connectivity index (χ2n) is 3.44. The Labute approximate surface area is 110 Å². The van der Waals surface area contributed by atoms with Crippen molar-refractivity contribution < 1.29 is 4.79 Å². The molecule has 0 aliphatic rings. The van der Waals surface area contributed by atoms with Crippen LogP contribution in [0.15, 0.2) is 0 Å². The number of hydrogen-bond donors (Lipinski definition) is 2. The maximum atomic E-state index is 11.7. The molecule has 0 bridgehead atoms. The molecule has 0 unspecified atom stereocenters. The largest absolute Gasteiger partial charge is 0.360 e. The quantitative estimate of drug-likeness (QED) is 0.708. The van der Waals surface area contributed by atoms with Crippen molar-refractivity contribution in [1.29, 1.82) is 0 Å². The van der Waals surface area contributed by atoms with Crippen molar-refractivity contribution in [3.63, 3.8) is 0 Å². The first-order chi connectivity index (χ1) is 8.27. The van der Waals surface area contributed by atoms with Crippen molar-refractivity contribution in [2.75, 3.05) is 30.4 Å². The number of thioether (sulfide) groups is 1. The number of hydrogen-bond acceptors (Lipinski definition) is 6. The van der Waals surface area contributed by atoms with E-state index in [0.29, 0.717) is 16.7 Å². The zero-order valence-electron chi connectivity index (χ0n) is 10.2. The molecule has 0 aromatic carbocycles. The van der Waals surface area contributed by atoms with Crippen LogP contribution < -0.4 is 10.6 Å². The molecule has 0 spiro atoms. The summed E-state index contributed by atoms with van der Waals surface area (Å²) >= 11 is 3.07. The first-order valence-electron chi connectivity index (χ1n) is 5.62. The summed E-state index contributed by atoms with van der Waals surface area (Å²) in [6, 6.07) is 0. The van der Waals surface area contributed by atoms with E-state index in [-0.39, 0.29) is 5.91 Å². The van der Waals surface area contributed by atoms with Crippen LogP contribution in [0.4, 0.5) is 5.13 Å². The molecule has 1 rings (SSSR count). The van der Waals surface area contributed by atoms with Gasteiger partial charge in [-0.3, -0.25) is 4.79 Å². The monoisotopic (exact) mass is 274 g/mol. The van der Waals surface area contributed by atoms with Gasteiger partial charge in [0.25, 0.3) is 5.91 Å². The molecule has 0 radical (unpaired) electrons. The maximum absolute atomic E-state index is 11.7. The van der Waals surface area contributed by atoms with Crippen LogP contribution in [-0.2, 0) is 0 Å². The average Bonchev–Trinajstić information content (AvgIpc) is 2.80. The van der Waals surface area contributed by atoms with Crippen LogP contribution in [0.3, 0.4) is 0 Å². The van der Waals surface area contributed by atoms with Gasteiger partial charge >= 0.3 is 0 Å². The van der Waals surface area contributed by atoms with Crippen LogP contribution in [0.25, 0.3) is 0 Å². The lowest BCUT2D eigenvalue weighted by atomic mass is 10.4. The first kappa shape index (κ1) is 14.2. The Morgan fingerprint density at radius 1 is 1.41 bits per heavy atom. The van der Waals surface area contributed by atoms with E-state index in [9.17, 15) is 4.79 Å². The van der Waals surface area contributed by atoms with Crippen molar-refractivity contribution in [3.8, 4) is 0 Å². The molecule has 2 N–H and O–H groups in total. The third kappa shape index (κ3) is 5.36. The maximum Gasteiger partial charge on any atom is 0.282 e. The predicted molar refractivity (Wildman–Crippen MR) is 74.0 cm³/mol. The molecular formula is C10H18N4OS2. The lowest BCUT2D eigenvalue weighted by Crippen LogP contribution is -2.24. The summed E-state index contributed by atoms with van der Waals surface area (Å²) < 4.78 is 0. The minimum atomic E-state index is -0.131. The van der Waals surface area contributed by atoms with Gasteiger partial charge in [-0.15, -0.1) is 10.2 Å². The second-order valence-corrected chi connectivity index (χ2v) is 5.40. The zero-order chi connectivity index (χ0) is 12.5. The molecule has 96 valence electrons. The number of nitrogens with one attached hydrogen (secondary N) is 2. The molecular weight excluding hydrogens is 256 g/mol. The first-order valence-corrected chi connectivity index (χ1v) is 7.83. The van der Waals surface area contributed by atoms with Gasteiger partial charge in [0.1, 0.15) is 0 Å². The number of anilines is 1. The third-order valence-electron chi connectivity index (χ3n) is 1.96. The summed E-state index contributed by atoms with van der Waals surface area (Å²) in [5.74, 6) is 0.924. The normalized spacial score (nSPS) is 10.2. The fourth-order valence-electron chi connectivity index (χ4n) is 1.11. The van der Waals surface area contributed by atoms with Crippen LogP contribution >= 0.6 is 23.1 Å². The molecule has 17 heavy (non-hydrogen) atoms.